The fourth-order valence-corrected chi connectivity index (χ4v) is 2.90. The third kappa shape index (κ3) is 4.05. The van der Waals surface area contributed by atoms with Gasteiger partial charge in [-0.2, -0.15) is 5.10 Å². The van der Waals surface area contributed by atoms with Gasteiger partial charge in [0, 0.05) is 49.8 Å². The second kappa shape index (κ2) is 8.02. The minimum Gasteiger partial charge on any atom is -0.395 e. The Balaban J connectivity index is 2.06. The molecule has 1 aromatic heterocycles. The monoisotopic (exact) mass is 316 g/mol. The van der Waals surface area contributed by atoms with E-state index in [0.717, 1.165) is 30.8 Å². The summed E-state index contributed by atoms with van der Waals surface area (Å²) in [6, 6.07) is 8.30. The van der Waals surface area contributed by atoms with E-state index in [4.69, 9.17) is 5.11 Å². The first-order chi connectivity index (χ1) is 11.1. The molecule has 1 aromatic carbocycles. The second-order valence-electron chi connectivity index (χ2n) is 5.75. The Hall–Kier alpha value is -2.01. The van der Waals surface area contributed by atoms with Gasteiger partial charge in [-0.1, -0.05) is 13.8 Å². The number of anilines is 2. The summed E-state index contributed by atoms with van der Waals surface area (Å²) >= 11 is 0. The van der Waals surface area contributed by atoms with E-state index >= 15 is 0 Å². The zero-order valence-corrected chi connectivity index (χ0v) is 14.6. The summed E-state index contributed by atoms with van der Waals surface area (Å²) < 4.78 is 2.00. The zero-order valence-electron chi connectivity index (χ0n) is 14.6. The highest BCUT2D eigenvalue weighted by molar-refractivity contribution is 5.55. The molecule has 5 heteroatoms. The van der Waals surface area contributed by atoms with Gasteiger partial charge < -0.3 is 15.3 Å². The van der Waals surface area contributed by atoms with Crippen molar-refractivity contribution in [2.24, 2.45) is 7.05 Å². The topological polar surface area (TPSA) is 53.3 Å². The van der Waals surface area contributed by atoms with Gasteiger partial charge in [0.15, 0.2) is 0 Å². The van der Waals surface area contributed by atoms with E-state index in [1.807, 2.05) is 23.7 Å². The number of aryl methyl sites for hydroxylation is 2. The first kappa shape index (κ1) is 17.3. The Morgan fingerprint density at radius 3 is 2.43 bits per heavy atom. The van der Waals surface area contributed by atoms with Gasteiger partial charge in [0.1, 0.15) is 0 Å². The Kier molecular flexibility index (Phi) is 6.04. The van der Waals surface area contributed by atoms with Crippen molar-refractivity contribution in [3.05, 3.63) is 41.2 Å². The molecule has 0 saturated heterocycles. The quantitative estimate of drug-likeness (QED) is 0.786. The SMILES string of the molecule is CCc1nn(C)c(CC)c1CNc1ccc(N(C)CCO)cc1. The number of hydrogen-bond donors (Lipinski definition) is 2. The lowest BCUT2D eigenvalue weighted by molar-refractivity contribution is 0.304. The molecule has 0 amide bonds. The van der Waals surface area contributed by atoms with Crippen LogP contribution in [-0.2, 0) is 26.4 Å². The first-order valence-electron chi connectivity index (χ1n) is 8.30. The smallest absolute Gasteiger partial charge is 0.0674 e. The third-order valence-electron chi connectivity index (χ3n) is 4.24. The molecule has 2 N–H and O–H groups in total. The lowest BCUT2D eigenvalue weighted by Gasteiger charge is -2.18. The molecule has 0 aliphatic heterocycles. The van der Waals surface area contributed by atoms with Crippen molar-refractivity contribution in [2.45, 2.75) is 33.2 Å². The highest BCUT2D eigenvalue weighted by Crippen LogP contribution is 2.20. The van der Waals surface area contributed by atoms with Crippen molar-refractivity contribution >= 4 is 11.4 Å². The van der Waals surface area contributed by atoms with Crippen LogP contribution in [-0.4, -0.2) is 35.1 Å². The fourth-order valence-electron chi connectivity index (χ4n) is 2.90. The summed E-state index contributed by atoms with van der Waals surface area (Å²) in [5, 5.41) is 17.1. The standard InChI is InChI=1S/C18H28N4O/c1-5-17-16(18(6-2)22(4)20-17)13-19-14-7-9-15(10-8-14)21(3)11-12-23/h7-10,19,23H,5-6,11-13H2,1-4H3. The van der Waals surface area contributed by atoms with E-state index in [-0.39, 0.29) is 6.61 Å². The molecule has 2 rings (SSSR count). The van der Waals surface area contributed by atoms with Gasteiger partial charge in [-0.25, -0.2) is 0 Å². The number of aliphatic hydroxyl groups excluding tert-OH is 1. The number of nitrogens with zero attached hydrogens (tertiary/aromatic N) is 3. The zero-order chi connectivity index (χ0) is 16.8. The maximum Gasteiger partial charge on any atom is 0.0674 e. The molecule has 1 heterocycles. The van der Waals surface area contributed by atoms with Crippen LogP contribution in [0.2, 0.25) is 0 Å². The molecule has 0 bridgehead atoms. The summed E-state index contributed by atoms with van der Waals surface area (Å²) in [6.45, 7) is 5.92. The number of aromatic nitrogens is 2. The molecular weight excluding hydrogens is 288 g/mol. The van der Waals surface area contributed by atoms with E-state index in [2.05, 4.69) is 48.5 Å². The molecular formula is C18H28N4O. The van der Waals surface area contributed by atoms with Crippen LogP contribution in [0.15, 0.2) is 24.3 Å². The number of benzene rings is 1. The van der Waals surface area contributed by atoms with Crippen LogP contribution in [0, 0.1) is 0 Å². The molecule has 0 unspecified atom stereocenters. The molecule has 0 atom stereocenters. The molecule has 0 spiro atoms. The summed E-state index contributed by atoms with van der Waals surface area (Å²) in [5.74, 6) is 0. The van der Waals surface area contributed by atoms with E-state index in [9.17, 15) is 0 Å². The Morgan fingerprint density at radius 1 is 1.17 bits per heavy atom. The summed E-state index contributed by atoms with van der Waals surface area (Å²) in [5.41, 5.74) is 6.00. The average molecular weight is 316 g/mol. The lowest BCUT2D eigenvalue weighted by Crippen LogP contribution is -2.20. The Labute approximate surface area is 138 Å². The van der Waals surface area contributed by atoms with Crippen molar-refractivity contribution in [2.75, 3.05) is 30.4 Å². The van der Waals surface area contributed by atoms with Gasteiger partial charge in [-0.15, -0.1) is 0 Å². The van der Waals surface area contributed by atoms with Gasteiger partial charge >= 0.3 is 0 Å². The number of nitrogens with one attached hydrogen (secondary N) is 1. The van der Waals surface area contributed by atoms with E-state index in [0.29, 0.717) is 6.54 Å². The molecule has 2 aromatic rings. The van der Waals surface area contributed by atoms with E-state index < -0.39 is 0 Å². The minimum atomic E-state index is 0.164. The molecule has 0 fully saturated rings. The fraction of sp³-hybridized carbons (Fsp3) is 0.500. The van der Waals surface area contributed by atoms with E-state index in [1.54, 1.807) is 0 Å². The predicted octanol–water partition coefficient (Wildman–Crippen LogP) is 2.59. The molecule has 0 aliphatic carbocycles. The van der Waals surface area contributed by atoms with Crippen LogP contribution in [0.1, 0.15) is 30.8 Å². The van der Waals surface area contributed by atoms with Crippen molar-refractivity contribution in [3.8, 4) is 0 Å². The Bertz CT molecular complexity index is 619. The van der Waals surface area contributed by atoms with Crippen LogP contribution in [0.3, 0.4) is 0 Å². The number of aliphatic hydroxyl groups is 1. The summed E-state index contributed by atoms with van der Waals surface area (Å²) in [6.07, 6.45) is 1.95. The number of rotatable bonds is 8. The largest absolute Gasteiger partial charge is 0.395 e. The lowest BCUT2D eigenvalue weighted by atomic mass is 10.1. The van der Waals surface area contributed by atoms with Crippen molar-refractivity contribution in [1.82, 2.24) is 9.78 Å². The van der Waals surface area contributed by atoms with Crippen molar-refractivity contribution < 1.29 is 5.11 Å². The minimum absolute atomic E-state index is 0.164. The molecule has 0 saturated carbocycles. The van der Waals surface area contributed by atoms with E-state index in [1.165, 1.54) is 17.0 Å². The Morgan fingerprint density at radius 2 is 1.87 bits per heavy atom. The first-order valence-corrected chi connectivity index (χ1v) is 8.30. The molecule has 126 valence electrons. The third-order valence-corrected chi connectivity index (χ3v) is 4.24. The summed E-state index contributed by atoms with van der Waals surface area (Å²) in [4.78, 5) is 2.04. The number of hydrogen-bond acceptors (Lipinski definition) is 4. The molecule has 5 nitrogen and oxygen atoms in total. The van der Waals surface area contributed by atoms with Gasteiger partial charge in [0.05, 0.1) is 12.3 Å². The maximum atomic E-state index is 9.00. The van der Waals surface area contributed by atoms with Crippen LogP contribution < -0.4 is 10.2 Å². The number of likely N-dealkylation sites (N-methyl/N-ethyl adjacent to an activating group) is 1. The highest BCUT2D eigenvalue weighted by Gasteiger charge is 2.13. The highest BCUT2D eigenvalue weighted by atomic mass is 16.3. The van der Waals surface area contributed by atoms with Gasteiger partial charge in [-0.3, -0.25) is 4.68 Å². The average Bonchev–Trinajstić information content (AvgIpc) is 2.88. The van der Waals surface area contributed by atoms with Gasteiger partial charge in [0.2, 0.25) is 0 Å². The van der Waals surface area contributed by atoms with Gasteiger partial charge in [0.25, 0.3) is 0 Å². The maximum absolute atomic E-state index is 9.00. The van der Waals surface area contributed by atoms with Crippen molar-refractivity contribution in [1.29, 1.82) is 0 Å². The van der Waals surface area contributed by atoms with Crippen LogP contribution >= 0.6 is 0 Å². The molecule has 23 heavy (non-hydrogen) atoms. The molecule has 0 radical (unpaired) electrons. The van der Waals surface area contributed by atoms with Crippen LogP contribution in [0.4, 0.5) is 11.4 Å². The normalized spacial score (nSPS) is 10.8. The summed E-state index contributed by atoms with van der Waals surface area (Å²) in [7, 11) is 4.00. The predicted molar refractivity (Wildman–Crippen MR) is 96.1 cm³/mol. The van der Waals surface area contributed by atoms with Crippen LogP contribution in [0.25, 0.3) is 0 Å². The molecule has 0 aliphatic rings. The van der Waals surface area contributed by atoms with Gasteiger partial charge in [-0.05, 0) is 37.1 Å². The van der Waals surface area contributed by atoms with Crippen molar-refractivity contribution in [3.63, 3.8) is 0 Å². The second-order valence-corrected chi connectivity index (χ2v) is 5.75. The van der Waals surface area contributed by atoms with Crippen LogP contribution in [0.5, 0.6) is 0 Å².